The number of benzene rings is 1. The van der Waals surface area contributed by atoms with Gasteiger partial charge in [-0.2, -0.15) is 0 Å². The number of ether oxygens (including phenoxy) is 2. The van der Waals surface area contributed by atoms with Gasteiger partial charge in [-0.1, -0.05) is 30.3 Å². The molecule has 1 N–H and O–H groups in total. The van der Waals surface area contributed by atoms with Gasteiger partial charge in [-0.3, -0.25) is 0 Å². The van der Waals surface area contributed by atoms with Gasteiger partial charge in [0.05, 0.1) is 13.7 Å². The topological polar surface area (TPSA) is 59.1 Å². The Labute approximate surface area is 87.4 Å². The molecule has 1 aromatic carbocycles. The number of epoxide rings is 1. The number of aliphatic hydroxyl groups excluding tert-OH is 1. The third-order valence-electron chi connectivity index (χ3n) is 2.54. The minimum absolute atomic E-state index is 0.204. The van der Waals surface area contributed by atoms with Gasteiger partial charge in [-0.15, -0.1) is 0 Å². The lowest BCUT2D eigenvalue weighted by Crippen LogP contribution is -2.33. The normalized spacial score (nSPS) is 25.7. The van der Waals surface area contributed by atoms with E-state index >= 15 is 0 Å². The first-order valence-electron chi connectivity index (χ1n) is 4.66. The highest BCUT2D eigenvalue weighted by molar-refractivity contribution is 5.83. The minimum Gasteiger partial charge on any atom is -0.467 e. The maximum absolute atomic E-state index is 11.4. The molecular formula is C11H12O4. The molecule has 0 saturated carbocycles. The van der Waals surface area contributed by atoms with Crippen LogP contribution in [-0.2, 0) is 14.3 Å². The van der Waals surface area contributed by atoms with Crippen LogP contribution in [0.15, 0.2) is 30.3 Å². The van der Waals surface area contributed by atoms with Crippen LogP contribution >= 0.6 is 0 Å². The first-order chi connectivity index (χ1) is 7.20. The molecule has 1 aliphatic rings. The van der Waals surface area contributed by atoms with Crippen molar-refractivity contribution in [3.8, 4) is 0 Å². The molecule has 2 rings (SSSR count). The van der Waals surface area contributed by atoms with Crippen LogP contribution in [0.5, 0.6) is 0 Å². The highest BCUT2D eigenvalue weighted by Crippen LogP contribution is 2.40. The summed E-state index contributed by atoms with van der Waals surface area (Å²) in [7, 11) is 1.28. The highest BCUT2D eigenvalue weighted by Gasteiger charge is 2.59. The van der Waals surface area contributed by atoms with Gasteiger partial charge in [0.15, 0.2) is 0 Å². The molecule has 1 fully saturated rings. The van der Waals surface area contributed by atoms with E-state index in [0.29, 0.717) is 5.56 Å². The van der Waals surface area contributed by atoms with Gasteiger partial charge in [-0.25, -0.2) is 4.79 Å². The quantitative estimate of drug-likeness (QED) is 0.585. The fourth-order valence-corrected chi connectivity index (χ4v) is 1.54. The summed E-state index contributed by atoms with van der Waals surface area (Å²) >= 11 is 0. The Morgan fingerprint density at radius 3 is 2.60 bits per heavy atom. The second-order valence-corrected chi connectivity index (χ2v) is 3.48. The maximum atomic E-state index is 11.4. The van der Waals surface area contributed by atoms with Crippen LogP contribution in [0.25, 0.3) is 0 Å². The highest BCUT2D eigenvalue weighted by atomic mass is 16.6. The van der Waals surface area contributed by atoms with Gasteiger partial charge >= 0.3 is 5.97 Å². The van der Waals surface area contributed by atoms with E-state index in [1.54, 1.807) is 24.3 Å². The van der Waals surface area contributed by atoms with E-state index < -0.39 is 17.7 Å². The summed E-state index contributed by atoms with van der Waals surface area (Å²) < 4.78 is 9.64. The Balaban J connectivity index is 2.22. The number of aliphatic hydroxyl groups is 1. The summed E-state index contributed by atoms with van der Waals surface area (Å²) in [5, 5.41) is 9.99. The molecule has 1 saturated heterocycles. The Bertz CT molecular complexity index is 356. The van der Waals surface area contributed by atoms with Gasteiger partial charge in [0.1, 0.15) is 6.10 Å². The zero-order valence-corrected chi connectivity index (χ0v) is 8.34. The average Bonchev–Trinajstić information content (AvgIpc) is 3.09. The van der Waals surface area contributed by atoms with E-state index in [9.17, 15) is 9.90 Å². The Hall–Kier alpha value is -1.39. The van der Waals surface area contributed by atoms with E-state index in [1.807, 2.05) is 6.07 Å². The van der Waals surface area contributed by atoms with E-state index in [0.717, 1.165) is 0 Å². The lowest BCUT2D eigenvalue weighted by molar-refractivity contribution is -0.151. The lowest BCUT2D eigenvalue weighted by atomic mass is 9.96. The molecule has 0 aromatic heterocycles. The number of hydrogen-bond donors (Lipinski definition) is 1. The molecular weight excluding hydrogens is 196 g/mol. The predicted molar refractivity (Wildman–Crippen MR) is 52.1 cm³/mol. The molecule has 0 spiro atoms. The van der Waals surface area contributed by atoms with Crippen LogP contribution in [0.2, 0.25) is 0 Å². The van der Waals surface area contributed by atoms with Crippen molar-refractivity contribution in [3.05, 3.63) is 35.9 Å². The first-order valence-corrected chi connectivity index (χ1v) is 4.66. The number of carbonyl (C=O) groups is 1. The molecule has 0 bridgehead atoms. The van der Waals surface area contributed by atoms with Crippen LogP contribution in [0, 0.1) is 0 Å². The van der Waals surface area contributed by atoms with Crippen molar-refractivity contribution >= 4 is 5.97 Å². The molecule has 0 amide bonds. The molecule has 15 heavy (non-hydrogen) atoms. The third-order valence-corrected chi connectivity index (χ3v) is 2.54. The summed E-state index contributed by atoms with van der Waals surface area (Å²) in [6.07, 6.45) is -0.967. The fourth-order valence-electron chi connectivity index (χ4n) is 1.54. The maximum Gasteiger partial charge on any atom is 0.343 e. The molecule has 0 aliphatic carbocycles. The standard InChI is InChI=1S/C11H12O4/c1-14-10(13)11(7-15-11)9(12)8-5-3-2-4-6-8/h2-6,9,12H,7H2,1H3/t9-,11-/m1/s1. The van der Waals surface area contributed by atoms with Crippen molar-refractivity contribution in [1.82, 2.24) is 0 Å². The van der Waals surface area contributed by atoms with Crippen LogP contribution in [0.1, 0.15) is 11.7 Å². The smallest absolute Gasteiger partial charge is 0.343 e. The number of esters is 1. The fraction of sp³-hybridized carbons (Fsp3) is 0.364. The molecule has 0 radical (unpaired) electrons. The summed E-state index contributed by atoms with van der Waals surface area (Å²) in [4.78, 5) is 11.4. The first kappa shape index (κ1) is 10.1. The summed E-state index contributed by atoms with van der Waals surface area (Å²) in [6.45, 7) is 0.204. The van der Waals surface area contributed by atoms with Crippen molar-refractivity contribution in [2.24, 2.45) is 0 Å². The largest absolute Gasteiger partial charge is 0.467 e. The van der Waals surface area contributed by atoms with E-state index in [1.165, 1.54) is 7.11 Å². The molecule has 1 aliphatic heterocycles. The van der Waals surface area contributed by atoms with Crippen LogP contribution < -0.4 is 0 Å². The summed E-state index contributed by atoms with van der Waals surface area (Å²) in [5.74, 6) is -0.529. The van der Waals surface area contributed by atoms with Crippen molar-refractivity contribution in [2.45, 2.75) is 11.7 Å². The molecule has 0 unspecified atom stereocenters. The third kappa shape index (κ3) is 1.62. The van der Waals surface area contributed by atoms with Gasteiger partial charge < -0.3 is 14.6 Å². The second kappa shape index (κ2) is 3.64. The lowest BCUT2D eigenvalue weighted by Gasteiger charge is -2.16. The zero-order chi connectivity index (χ0) is 10.9. The molecule has 4 heteroatoms. The predicted octanol–water partition coefficient (Wildman–Crippen LogP) is 0.662. The molecule has 80 valence electrons. The Morgan fingerprint density at radius 1 is 1.53 bits per heavy atom. The molecule has 1 heterocycles. The summed E-state index contributed by atoms with van der Waals surface area (Å²) in [5.41, 5.74) is -0.531. The second-order valence-electron chi connectivity index (χ2n) is 3.48. The van der Waals surface area contributed by atoms with Crippen molar-refractivity contribution in [1.29, 1.82) is 0 Å². The van der Waals surface area contributed by atoms with Crippen molar-refractivity contribution < 1.29 is 19.4 Å². The SMILES string of the molecule is COC(=O)[C@]1([C@H](O)c2ccccc2)CO1. The van der Waals surface area contributed by atoms with E-state index in [-0.39, 0.29) is 6.61 Å². The van der Waals surface area contributed by atoms with Gasteiger partial charge in [0.25, 0.3) is 0 Å². The van der Waals surface area contributed by atoms with Crippen molar-refractivity contribution in [2.75, 3.05) is 13.7 Å². The van der Waals surface area contributed by atoms with Crippen LogP contribution in [0.3, 0.4) is 0 Å². The van der Waals surface area contributed by atoms with Gasteiger partial charge in [0.2, 0.25) is 5.60 Å². The Kier molecular flexibility index (Phi) is 2.46. The average molecular weight is 208 g/mol. The van der Waals surface area contributed by atoms with Gasteiger partial charge in [-0.05, 0) is 5.56 Å². The number of rotatable bonds is 3. The summed E-state index contributed by atoms with van der Waals surface area (Å²) in [6, 6.07) is 8.93. The molecule has 1 aromatic rings. The Morgan fingerprint density at radius 2 is 2.13 bits per heavy atom. The monoisotopic (exact) mass is 208 g/mol. The van der Waals surface area contributed by atoms with E-state index in [4.69, 9.17) is 4.74 Å². The zero-order valence-electron chi connectivity index (χ0n) is 8.34. The van der Waals surface area contributed by atoms with Crippen LogP contribution in [-0.4, -0.2) is 30.4 Å². The van der Waals surface area contributed by atoms with E-state index in [2.05, 4.69) is 4.74 Å². The minimum atomic E-state index is -1.18. The number of methoxy groups -OCH3 is 1. The number of hydrogen-bond acceptors (Lipinski definition) is 4. The van der Waals surface area contributed by atoms with Crippen LogP contribution in [0.4, 0.5) is 0 Å². The van der Waals surface area contributed by atoms with Crippen molar-refractivity contribution in [3.63, 3.8) is 0 Å². The molecule has 4 nitrogen and oxygen atoms in total. The molecule has 2 atom stereocenters. The number of carbonyl (C=O) groups excluding carboxylic acids is 1. The van der Waals surface area contributed by atoms with Gasteiger partial charge in [0, 0.05) is 0 Å².